The number of hydrogen-bond acceptors (Lipinski definition) is 5. The molecule has 0 aliphatic heterocycles. The van der Waals surface area contributed by atoms with Gasteiger partial charge < -0.3 is 19.7 Å². The molecule has 3 aromatic rings. The molecule has 3 rings (SSSR count). The van der Waals surface area contributed by atoms with E-state index in [1.54, 1.807) is 24.5 Å². The molecule has 0 aliphatic rings. The second-order valence-electron chi connectivity index (χ2n) is 6.85. The van der Waals surface area contributed by atoms with Crippen molar-refractivity contribution in [2.75, 3.05) is 0 Å². The monoisotopic (exact) mass is 381 g/mol. The van der Waals surface area contributed by atoms with E-state index in [-0.39, 0.29) is 17.5 Å². The molecule has 0 spiro atoms. The summed E-state index contributed by atoms with van der Waals surface area (Å²) < 4.78 is 7.15. The Hall–Kier alpha value is -3.42. The molecule has 0 aliphatic carbocycles. The fraction of sp³-hybridized carbons (Fsp3) is 0.300. The lowest BCUT2D eigenvalue weighted by Gasteiger charge is -2.21. The molecule has 1 unspecified atom stereocenters. The van der Waals surface area contributed by atoms with Crippen molar-refractivity contribution in [3.63, 3.8) is 0 Å². The number of carbonyl (C=O) groups is 2. The van der Waals surface area contributed by atoms with Crippen LogP contribution >= 0.6 is 0 Å². The highest BCUT2D eigenvalue weighted by atomic mass is 16.5. The molecular weight excluding hydrogens is 358 g/mol. The van der Waals surface area contributed by atoms with Crippen LogP contribution in [0.25, 0.3) is 11.5 Å². The molecule has 8 nitrogen and oxygen atoms in total. The third-order valence-corrected chi connectivity index (χ3v) is 4.36. The fourth-order valence-electron chi connectivity index (χ4n) is 2.77. The summed E-state index contributed by atoms with van der Waals surface area (Å²) >= 11 is 0. The quantitative estimate of drug-likeness (QED) is 0.653. The molecule has 3 heterocycles. The van der Waals surface area contributed by atoms with Gasteiger partial charge in [-0.2, -0.15) is 0 Å². The van der Waals surface area contributed by atoms with Gasteiger partial charge in [-0.25, -0.2) is 0 Å². The Kier molecular flexibility index (Phi) is 5.88. The zero-order chi connectivity index (χ0) is 20.1. The van der Waals surface area contributed by atoms with E-state index >= 15 is 0 Å². The maximum atomic E-state index is 12.6. The lowest BCUT2D eigenvalue weighted by molar-refractivity contribution is -0.124. The average molecular weight is 381 g/mol. The van der Waals surface area contributed by atoms with Gasteiger partial charge in [-0.1, -0.05) is 25.1 Å². The third-order valence-electron chi connectivity index (χ3n) is 4.36. The first-order chi connectivity index (χ1) is 13.5. The van der Waals surface area contributed by atoms with Crippen LogP contribution in [0.1, 0.15) is 29.9 Å². The summed E-state index contributed by atoms with van der Waals surface area (Å²) in [5.74, 6) is -0.338. The minimum atomic E-state index is -0.695. The van der Waals surface area contributed by atoms with E-state index in [0.29, 0.717) is 12.3 Å². The molecule has 3 aromatic heterocycles. The van der Waals surface area contributed by atoms with E-state index in [1.807, 2.05) is 49.9 Å². The number of hydrogen-bond donors (Lipinski definition) is 2. The molecule has 0 saturated carbocycles. The zero-order valence-corrected chi connectivity index (χ0v) is 16.0. The molecule has 0 saturated heterocycles. The predicted octanol–water partition coefficient (Wildman–Crippen LogP) is 2.15. The lowest BCUT2D eigenvalue weighted by Crippen LogP contribution is -2.49. The van der Waals surface area contributed by atoms with Gasteiger partial charge in [0.05, 0.1) is 5.69 Å². The van der Waals surface area contributed by atoms with Crippen LogP contribution in [0.15, 0.2) is 53.4 Å². The molecule has 0 fully saturated rings. The topological polar surface area (TPSA) is 102 Å². The smallest absolute Gasteiger partial charge is 0.274 e. The zero-order valence-electron chi connectivity index (χ0n) is 16.0. The molecule has 0 radical (unpaired) electrons. The van der Waals surface area contributed by atoms with E-state index in [0.717, 1.165) is 11.3 Å². The Bertz CT molecular complexity index is 946. The molecule has 0 bridgehead atoms. The molecule has 2 amide bonds. The number of aryl methyl sites for hydroxylation is 1. The van der Waals surface area contributed by atoms with Crippen molar-refractivity contribution < 1.29 is 14.1 Å². The molecule has 146 valence electrons. The van der Waals surface area contributed by atoms with Crippen LogP contribution in [-0.4, -0.2) is 32.6 Å². The Balaban J connectivity index is 1.65. The molecular formula is C20H23N5O3. The molecule has 1 atom stereocenters. The predicted molar refractivity (Wildman–Crippen MR) is 103 cm³/mol. The van der Waals surface area contributed by atoms with Crippen LogP contribution in [-0.2, 0) is 18.4 Å². The Labute approximate surface area is 162 Å². The van der Waals surface area contributed by atoms with Crippen molar-refractivity contribution in [3.05, 3.63) is 60.2 Å². The number of rotatable bonds is 7. The summed E-state index contributed by atoms with van der Waals surface area (Å²) in [6.45, 7) is 4.08. The van der Waals surface area contributed by atoms with E-state index in [4.69, 9.17) is 4.52 Å². The SMILES string of the molecule is CC(C)C(NC(=O)c1cc(-c2cccn2C)on1)C(=O)NCc1cccnc1. The van der Waals surface area contributed by atoms with Gasteiger partial charge in [0.1, 0.15) is 6.04 Å². The van der Waals surface area contributed by atoms with Crippen LogP contribution in [0.2, 0.25) is 0 Å². The molecule has 2 N–H and O–H groups in total. The van der Waals surface area contributed by atoms with Gasteiger partial charge in [-0.15, -0.1) is 0 Å². The first-order valence-corrected chi connectivity index (χ1v) is 9.01. The van der Waals surface area contributed by atoms with E-state index in [1.165, 1.54) is 0 Å². The summed E-state index contributed by atoms with van der Waals surface area (Å²) in [6.07, 6.45) is 5.23. The Morgan fingerprint density at radius 3 is 2.71 bits per heavy atom. The van der Waals surface area contributed by atoms with Gasteiger partial charge in [0.2, 0.25) is 5.91 Å². The number of pyridine rings is 1. The van der Waals surface area contributed by atoms with Gasteiger partial charge in [-0.05, 0) is 29.7 Å². The van der Waals surface area contributed by atoms with Crippen molar-refractivity contribution in [2.24, 2.45) is 13.0 Å². The second kappa shape index (κ2) is 8.51. The van der Waals surface area contributed by atoms with Crippen LogP contribution in [0.5, 0.6) is 0 Å². The number of nitrogens with one attached hydrogen (secondary N) is 2. The first kappa shape index (κ1) is 19.3. The van der Waals surface area contributed by atoms with Gasteiger partial charge in [0.25, 0.3) is 5.91 Å². The number of nitrogens with zero attached hydrogens (tertiary/aromatic N) is 3. The van der Waals surface area contributed by atoms with Gasteiger partial charge in [0.15, 0.2) is 11.5 Å². The summed E-state index contributed by atoms with van der Waals surface area (Å²) in [5.41, 5.74) is 1.82. The van der Waals surface area contributed by atoms with Crippen molar-refractivity contribution in [1.29, 1.82) is 0 Å². The normalized spacial score (nSPS) is 12.0. The highest BCUT2D eigenvalue weighted by Gasteiger charge is 2.26. The molecule has 0 aromatic carbocycles. The molecule has 8 heteroatoms. The Morgan fingerprint density at radius 2 is 2.07 bits per heavy atom. The highest BCUT2D eigenvalue weighted by Crippen LogP contribution is 2.20. The standard InChI is InChI=1S/C20H23N5O3/c1-13(2)18(20(27)22-12-14-6-4-8-21-11-14)23-19(26)15-10-17(28-24-15)16-7-5-9-25(16)3/h4-11,13,18H,12H2,1-3H3,(H,22,27)(H,23,26). The number of aromatic nitrogens is 3. The largest absolute Gasteiger partial charge is 0.354 e. The van der Waals surface area contributed by atoms with Crippen LogP contribution in [0.3, 0.4) is 0 Å². The van der Waals surface area contributed by atoms with E-state index in [9.17, 15) is 9.59 Å². The maximum absolute atomic E-state index is 12.6. The van der Waals surface area contributed by atoms with Crippen molar-refractivity contribution >= 4 is 11.8 Å². The van der Waals surface area contributed by atoms with Crippen LogP contribution in [0.4, 0.5) is 0 Å². The van der Waals surface area contributed by atoms with Crippen LogP contribution in [0, 0.1) is 5.92 Å². The second-order valence-corrected chi connectivity index (χ2v) is 6.85. The average Bonchev–Trinajstić information content (AvgIpc) is 3.33. The van der Waals surface area contributed by atoms with Gasteiger partial charge >= 0.3 is 0 Å². The summed E-state index contributed by atoms with van der Waals surface area (Å²) in [4.78, 5) is 29.2. The minimum Gasteiger partial charge on any atom is -0.354 e. The van der Waals surface area contributed by atoms with Crippen LogP contribution < -0.4 is 10.6 Å². The van der Waals surface area contributed by atoms with Gasteiger partial charge in [0, 0.05) is 38.2 Å². The minimum absolute atomic E-state index is 0.0999. The van der Waals surface area contributed by atoms with E-state index in [2.05, 4.69) is 20.8 Å². The molecule has 28 heavy (non-hydrogen) atoms. The fourth-order valence-corrected chi connectivity index (χ4v) is 2.77. The van der Waals surface area contributed by atoms with Crippen molar-refractivity contribution in [2.45, 2.75) is 26.4 Å². The lowest BCUT2D eigenvalue weighted by atomic mass is 10.0. The summed E-state index contributed by atoms with van der Waals surface area (Å²) in [6, 6.07) is 8.29. The number of amides is 2. The summed E-state index contributed by atoms with van der Waals surface area (Å²) in [5, 5.41) is 9.42. The van der Waals surface area contributed by atoms with Crippen molar-refractivity contribution in [1.82, 2.24) is 25.3 Å². The first-order valence-electron chi connectivity index (χ1n) is 9.01. The highest BCUT2D eigenvalue weighted by molar-refractivity contribution is 5.96. The Morgan fingerprint density at radius 1 is 1.25 bits per heavy atom. The maximum Gasteiger partial charge on any atom is 0.274 e. The number of carbonyl (C=O) groups excluding carboxylic acids is 2. The summed E-state index contributed by atoms with van der Waals surface area (Å²) in [7, 11) is 1.87. The van der Waals surface area contributed by atoms with E-state index < -0.39 is 11.9 Å². The van der Waals surface area contributed by atoms with Gasteiger partial charge in [-0.3, -0.25) is 14.6 Å². The van der Waals surface area contributed by atoms with Crippen molar-refractivity contribution in [3.8, 4) is 11.5 Å². The third kappa shape index (κ3) is 4.46.